The van der Waals surface area contributed by atoms with Crippen molar-refractivity contribution in [3.63, 3.8) is 0 Å². The van der Waals surface area contributed by atoms with E-state index in [1.165, 1.54) is 6.42 Å². The molecule has 1 saturated carbocycles. The van der Waals surface area contributed by atoms with Gasteiger partial charge in [0, 0.05) is 5.70 Å². The summed E-state index contributed by atoms with van der Waals surface area (Å²) in [5.41, 5.74) is 6.25. The molecular weight excluding hydrogens is 246 g/mol. The first-order valence-corrected chi connectivity index (χ1v) is 6.95. The maximum absolute atomic E-state index is 11.9. The molecule has 5 heteroatoms. The van der Waals surface area contributed by atoms with Gasteiger partial charge in [0.1, 0.15) is 0 Å². The molecule has 19 heavy (non-hydrogen) atoms. The summed E-state index contributed by atoms with van der Waals surface area (Å²) in [6.45, 7) is 3.80. The predicted octanol–water partition coefficient (Wildman–Crippen LogP) is 1.91. The van der Waals surface area contributed by atoms with Crippen LogP contribution < -0.4 is 5.73 Å². The predicted molar refractivity (Wildman–Crippen MR) is 71.1 cm³/mol. The summed E-state index contributed by atoms with van der Waals surface area (Å²) in [5, 5.41) is 0. The Morgan fingerprint density at radius 1 is 1.00 bits per heavy atom. The van der Waals surface area contributed by atoms with Crippen LogP contribution in [0.4, 0.5) is 0 Å². The second-order valence-electron chi connectivity index (χ2n) is 4.61. The van der Waals surface area contributed by atoms with Crippen LogP contribution in [0.1, 0.15) is 46.0 Å². The molecule has 1 rings (SSSR count). The van der Waals surface area contributed by atoms with E-state index in [1.54, 1.807) is 13.8 Å². The van der Waals surface area contributed by atoms with Gasteiger partial charge in [0.25, 0.3) is 0 Å². The minimum absolute atomic E-state index is 0.0811. The molecule has 108 valence electrons. The van der Waals surface area contributed by atoms with Crippen LogP contribution in [-0.2, 0) is 19.1 Å². The number of carbonyl (C=O) groups is 2. The molecule has 0 radical (unpaired) electrons. The van der Waals surface area contributed by atoms with E-state index in [0.717, 1.165) is 25.7 Å². The van der Waals surface area contributed by atoms with E-state index < -0.39 is 11.9 Å². The van der Waals surface area contributed by atoms with Crippen molar-refractivity contribution < 1.29 is 19.1 Å². The SMILES string of the molecule is CCOC(=O)C(C(=O)OCC)=C(N)C1CCCCC1. The molecule has 1 aliphatic carbocycles. The Hall–Kier alpha value is -1.52. The maximum atomic E-state index is 11.9. The van der Waals surface area contributed by atoms with Gasteiger partial charge in [0.15, 0.2) is 5.57 Å². The van der Waals surface area contributed by atoms with Gasteiger partial charge in [0.2, 0.25) is 0 Å². The third-order valence-corrected chi connectivity index (χ3v) is 3.29. The van der Waals surface area contributed by atoms with Crippen LogP contribution in [0, 0.1) is 5.92 Å². The quantitative estimate of drug-likeness (QED) is 0.357. The summed E-state index contributed by atoms with van der Waals surface area (Å²) in [5.74, 6) is -1.27. The molecule has 0 saturated heterocycles. The lowest BCUT2D eigenvalue weighted by molar-refractivity contribution is -0.146. The van der Waals surface area contributed by atoms with Crippen LogP contribution in [0.15, 0.2) is 11.3 Å². The summed E-state index contributed by atoms with van der Waals surface area (Å²) in [6, 6.07) is 0. The Labute approximate surface area is 114 Å². The Kier molecular flexibility index (Phi) is 6.39. The van der Waals surface area contributed by atoms with Gasteiger partial charge < -0.3 is 15.2 Å². The van der Waals surface area contributed by atoms with E-state index in [9.17, 15) is 9.59 Å². The number of nitrogens with two attached hydrogens (primary N) is 1. The molecule has 5 nitrogen and oxygen atoms in total. The topological polar surface area (TPSA) is 78.6 Å². The number of esters is 2. The van der Waals surface area contributed by atoms with Gasteiger partial charge in [-0.2, -0.15) is 0 Å². The lowest BCUT2D eigenvalue weighted by Crippen LogP contribution is -2.27. The lowest BCUT2D eigenvalue weighted by atomic mass is 9.85. The molecule has 0 amide bonds. The average Bonchev–Trinajstić information content (AvgIpc) is 2.40. The molecule has 0 heterocycles. The van der Waals surface area contributed by atoms with E-state index in [1.807, 2.05) is 0 Å². The van der Waals surface area contributed by atoms with Crippen molar-refractivity contribution in [3.8, 4) is 0 Å². The molecule has 0 atom stereocenters. The summed E-state index contributed by atoms with van der Waals surface area (Å²) in [7, 11) is 0. The maximum Gasteiger partial charge on any atom is 0.347 e. The van der Waals surface area contributed by atoms with Gasteiger partial charge in [0.05, 0.1) is 13.2 Å². The van der Waals surface area contributed by atoms with Crippen molar-refractivity contribution in [1.29, 1.82) is 0 Å². The van der Waals surface area contributed by atoms with Crippen molar-refractivity contribution in [2.24, 2.45) is 11.7 Å². The Bertz CT molecular complexity index is 336. The van der Waals surface area contributed by atoms with Gasteiger partial charge in [-0.25, -0.2) is 9.59 Å². The molecule has 0 aromatic carbocycles. The minimum atomic E-state index is -0.677. The van der Waals surface area contributed by atoms with Gasteiger partial charge in [-0.15, -0.1) is 0 Å². The first-order chi connectivity index (χ1) is 9.11. The number of carbonyl (C=O) groups excluding carboxylic acids is 2. The first kappa shape index (κ1) is 15.5. The van der Waals surface area contributed by atoms with E-state index in [-0.39, 0.29) is 24.7 Å². The molecule has 0 bridgehead atoms. The van der Waals surface area contributed by atoms with Gasteiger partial charge >= 0.3 is 11.9 Å². The number of hydrogen-bond donors (Lipinski definition) is 1. The zero-order valence-electron chi connectivity index (χ0n) is 11.7. The van der Waals surface area contributed by atoms with Crippen molar-refractivity contribution in [2.75, 3.05) is 13.2 Å². The zero-order valence-corrected chi connectivity index (χ0v) is 11.7. The van der Waals surface area contributed by atoms with Crippen molar-refractivity contribution in [3.05, 3.63) is 11.3 Å². The van der Waals surface area contributed by atoms with Crippen molar-refractivity contribution in [2.45, 2.75) is 46.0 Å². The number of ether oxygens (including phenoxy) is 2. The highest BCUT2D eigenvalue weighted by atomic mass is 16.6. The summed E-state index contributed by atoms with van der Waals surface area (Å²) >= 11 is 0. The summed E-state index contributed by atoms with van der Waals surface area (Å²) in [4.78, 5) is 23.8. The fourth-order valence-corrected chi connectivity index (χ4v) is 2.34. The highest BCUT2D eigenvalue weighted by Crippen LogP contribution is 2.29. The molecule has 1 aliphatic rings. The summed E-state index contributed by atoms with van der Waals surface area (Å²) < 4.78 is 9.81. The molecule has 1 fully saturated rings. The molecule has 0 aromatic heterocycles. The Morgan fingerprint density at radius 3 is 1.89 bits per heavy atom. The van der Waals surface area contributed by atoms with Gasteiger partial charge in [-0.3, -0.25) is 0 Å². The fourth-order valence-electron chi connectivity index (χ4n) is 2.34. The molecule has 2 N–H and O–H groups in total. The standard InChI is InChI=1S/C14H23NO4/c1-3-18-13(16)11(14(17)19-4-2)12(15)10-8-6-5-7-9-10/h10H,3-9,15H2,1-2H3. The van der Waals surface area contributed by atoms with Crippen LogP contribution >= 0.6 is 0 Å². The van der Waals surface area contributed by atoms with Gasteiger partial charge in [-0.1, -0.05) is 19.3 Å². The second-order valence-corrected chi connectivity index (χ2v) is 4.61. The third kappa shape index (κ3) is 4.26. The Balaban J connectivity index is 2.97. The monoisotopic (exact) mass is 269 g/mol. The highest BCUT2D eigenvalue weighted by molar-refractivity contribution is 6.14. The Morgan fingerprint density at radius 2 is 1.47 bits per heavy atom. The van der Waals surface area contributed by atoms with Crippen LogP contribution in [0.2, 0.25) is 0 Å². The number of rotatable bonds is 5. The van der Waals surface area contributed by atoms with Crippen LogP contribution in [0.25, 0.3) is 0 Å². The molecular formula is C14H23NO4. The highest BCUT2D eigenvalue weighted by Gasteiger charge is 2.29. The van der Waals surface area contributed by atoms with Crippen molar-refractivity contribution >= 4 is 11.9 Å². The molecule has 0 unspecified atom stereocenters. The third-order valence-electron chi connectivity index (χ3n) is 3.29. The lowest BCUT2D eigenvalue weighted by Gasteiger charge is -2.23. The van der Waals surface area contributed by atoms with Crippen LogP contribution in [0.5, 0.6) is 0 Å². The minimum Gasteiger partial charge on any atom is -0.462 e. The van der Waals surface area contributed by atoms with Gasteiger partial charge in [-0.05, 0) is 32.6 Å². The van der Waals surface area contributed by atoms with Crippen LogP contribution in [0.3, 0.4) is 0 Å². The second kappa shape index (κ2) is 7.81. The van der Waals surface area contributed by atoms with E-state index >= 15 is 0 Å². The first-order valence-electron chi connectivity index (χ1n) is 6.95. The number of hydrogen-bond acceptors (Lipinski definition) is 5. The van der Waals surface area contributed by atoms with Crippen LogP contribution in [-0.4, -0.2) is 25.2 Å². The average molecular weight is 269 g/mol. The zero-order chi connectivity index (χ0) is 14.3. The van der Waals surface area contributed by atoms with E-state index in [2.05, 4.69) is 0 Å². The molecule has 0 aromatic rings. The smallest absolute Gasteiger partial charge is 0.347 e. The normalized spacial score (nSPS) is 15.7. The summed E-state index contributed by atoms with van der Waals surface area (Å²) in [6.07, 6.45) is 5.15. The van der Waals surface area contributed by atoms with E-state index in [4.69, 9.17) is 15.2 Å². The number of allylic oxidation sites excluding steroid dienone is 1. The van der Waals surface area contributed by atoms with E-state index in [0.29, 0.717) is 5.70 Å². The molecule has 0 spiro atoms. The molecule has 0 aliphatic heterocycles. The fraction of sp³-hybridized carbons (Fsp3) is 0.714. The largest absolute Gasteiger partial charge is 0.462 e. The van der Waals surface area contributed by atoms with Crippen molar-refractivity contribution in [1.82, 2.24) is 0 Å².